The molecule has 1 heterocycles. The van der Waals surface area contributed by atoms with Gasteiger partial charge in [-0.25, -0.2) is 27.3 Å². The van der Waals surface area contributed by atoms with E-state index in [1.807, 2.05) is 11.5 Å². The highest BCUT2D eigenvalue weighted by Gasteiger charge is 2.16. The number of hydrogen-bond donors (Lipinski definition) is 2. The molecule has 3 aromatic rings. The highest BCUT2D eigenvalue weighted by Crippen LogP contribution is 2.22. The molecule has 156 valence electrons. The Morgan fingerprint density at radius 3 is 2.59 bits per heavy atom. The van der Waals surface area contributed by atoms with Crippen LogP contribution in [0, 0.1) is 11.6 Å². The predicted octanol–water partition coefficient (Wildman–Crippen LogP) is 3.61. The molecule has 0 aliphatic rings. The Bertz CT molecular complexity index is 1130. The molecule has 0 saturated heterocycles. The summed E-state index contributed by atoms with van der Waals surface area (Å²) in [6.07, 6.45) is 1.93. The van der Waals surface area contributed by atoms with Crippen LogP contribution < -0.4 is 10.5 Å². The third-order valence-electron chi connectivity index (χ3n) is 4.87. The quantitative estimate of drug-likeness (QED) is 0.580. The van der Waals surface area contributed by atoms with Gasteiger partial charge in [-0.1, -0.05) is 19.4 Å². The van der Waals surface area contributed by atoms with Crippen molar-refractivity contribution in [1.82, 2.24) is 14.9 Å². The van der Waals surface area contributed by atoms with Gasteiger partial charge in [0.05, 0.1) is 22.5 Å². The van der Waals surface area contributed by atoms with E-state index in [2.05, 4.69) is 17.2 Å². The van der Waals surface area contributed by atoms with Crippen molar-refractivity contribution in [1.29, 1.82) is 0 Å². The van der Waals surface area contributed by atoms with E-state index in [-0.39, 0.29) is 10.9 Å². The van der Waals surface area contributed by atoms with E-state index in [1.165, 1.54) is 24.3 Å². The molecular weight excluding hydrogens is 398 g/mol. The molecule has 0 saturated carbocycles. The first-order chi connectivity index (χ1) is 13.7. The second kappa shape index (κ2) is 8.56. The van der Waals surface area contributed by atoms with Crippen LogP contribution in [0.1, 0.15) is 44.1 Å². The van der Waals surface area contributed by atoms with Gasteiger partial charge in [-0.15, -0.1) is 0 Å². The summed E-state index contributed by atoms with van der Waals surface area (Å²) >= 11 is 0. The van der Waals surface area contributed by atoms with Crippen LogP contribution in [-0.4, -0.2) is 18.0 Å². The Morgan fingerprint density at radius 2 is 1.93 bits per heavy atom. The topological polar surface area (TPSA) is 90.0 Å². The number of hydrogen-bond acceptors (Lipinski definition) is 4. The zero-order chi connectivity index (χ0) is 21.2. The van der Waals surface area contributed by atoms with E-state index in [4.69, 9.17) is 5.14 Å². The monoisotopic (exact) mass is 422 g/mol. The maximum Gasteiger partial charge on any atom is 0.238 e. The van der Waals surface area contributed by atoms with Gasteiger partial charge in [0.2, 0.25) is 10.0 Å². The fourth-order valence-corrected chi connectivity index (χ4v) is 3.71. The molecule has 0 aliphatic heterocycles. The summed E-state index contributed by atoms with van der Waals surface area (Å²) in [6, 6.07) is 8.23. The molecule has 3 N–H and O–H groups in total. The third kappa shape index (κ3) is 4.80. The van der Waals surface area contributed by atoms with Crippen molar-refractivity contribution in [3.63, 3.8) is 0 Å². The van der Waals surface area contributed by atoms with Gasteiger partial charge in [-0.05, 0) is 49.2 Å². The zero-order valence-corrected chi connectivity index (χ0v) is 17.1. The first-order valence-corrected chi connectivity index (χ1v) is 11.0. The molecule has 0 amide bonds. The number of aromatic nitrogens is 2. The summed E-state index contributed by atoms with van der Waals surface area (Å²) in [5.41, 5.74) is 1.99. The lowest BCUT2D eigenvalue weighted by atomic mass is 10.1. The average molecular weight is 423 g/mol. The summed E-state index contributed by atoms with van der Waals surface area (Å²) < 4.78 is 52.0. The van der Waals surface area contributed by atoms with E-state index in [0.29, 0.717) is 17.6 Å². The molecule has 0 radical (unpaired) electrons. The molecular formula is C20H24F2N4O2S. The molecule has 1 atom stereocenters. The fraction of sp³-hybridized carbons (Fsp3) is 0.350. The van der Waals surface area contributed by atoms with Gasteiger partial charge in [0.15, 0.2) is 11.6 Å². The Hall–Kier alpha value is -2.36. The lowest BCUT2D eigenvalue weighted by Crippen LogP contribution is -2.21. The van der Waals surface area contributed by atoms with Crippen LogP contribution in [0.4, 0.5) is 8.78 Å². The first kappa shape index (κ1) is 21.4. The molecule has 0 aliphatic carbocycles. The third-order valence-corrected chi connectivity index (χ3v) is 5.78. The predicted molar refractivity (Wildman–Crippen MR) is 108 cm³/mol. The fourth-order valence-electron chi connectivity index (χ4n) is 3.18. The minimum atomic E-state index is -3.82. The number of unbranched alkanes of at least 4 members (excludes halogenated alkanes) is 1. The smallest absolute Gasteiger partial charge is 0.238 e. The van der Waals surface area contributed by atoms with Crippen LogP contribution in [0.2, 0.25) is 0 Å². The molecule has 0 bridgehead atoms. The number of imidazole rings is 1. The Balaban J connectivity index is 1.89. The van der Waals surface area contributed by atoms with Crippen molar-refractivity contribution < 1.29 is 17.2 Å². The summed E-state index contributed by atoms with van der Waals surface area (Å²) in [5.74, 6) is -1.04. The zero-order valence-electron chi connectivity index (χ0n) is 16.3. The van der Waals surface area contributed by atoms with Crippen LogP contribution in [0.15, 0.2) is 41.3 Å². The molecule has 1 unspecified atom stereocenters. The molecule has 6 nitrogen and oxygen atoms in total. The second-order valence-corrected chi connectivity index (χ2v) is 8.57. The molecule has 3 rings (SSSR count). The lowest BCUT2D eigenvalue weighted by Gasteiger charge is -2.15. The van der Waals surface area contributed by atoms with Gasteiger partial charge < -0.3 is 9.88 Å². The maximum atomic E-state index is 13.5. The molecule has 2 aromatic carbocycles. The summed E-state index contributed by atoms with van der Waals surface area (Å²) in [5, 5.41) is 8.50. The number of halogens is 2. The van der Waals surface area contributed by atoms with Crippen LogP contribution in [0.3, 0.4) is 0 Å². The van der Waals surface area contributed by atoms with Crippen molar-refractivity contribution in [2.75, 3.05) is 0 Å². The Labute approximate surface area is 168 Å². The first-order valence-electron chi connectivity index (χ1n) is 9.41. The van der Waals surface area contributed by atoms with Crippen LogP contribution in [-0.2, 0) is 23.1 Å². The van der Waals surface area contributed by atoms with E-state index in [0.717, 1.165) is 36.8 Å². The minimum absolute atomic E-state index is 0.0137. The van der Waals surface area contributed by atoms with Crippen LogP contribution >= 0.6 is 0 Å². The van der Waals surface area contributed by atoms with Crippen LogP contribution in [0.25, 0.3) is 11.0 Å². The average Bonchev–Trinajstić information content (AvgIpc) is 3.02. The number of rotatable bonds is 8. The van der Waals surface area contributed by atoms with Crippen molar-refractivity contribution in [3.8, 4) is 0 Å². The van der Waals surface area contributed by atoms with Gasteiger partial charge >= 0.3 is 0 Å². The van der Waals surface area contributed by atoms with Crippen molar-refractivity contribution in [3.05, 3.63) is 59.4 Å². The summed E-state index contributed by atoms with van der Waals surface area (Å²) in [7, 11) is -3.82. The van der Waals surface area contributed by atoms with Gasteiger partial charge in [-0.3, -0.25) is 0 Å². The number of primary sulfonamides is 1. The standard InChI is InChI=1S/C20H24F2N4O2S/c1-3-4-9-26-19-8-6-15(29(23,27)28)11-18(19)25-20(26)12-24-13(2)14-5-7-16(21)17(22)10-14/h5-8,10-11,13,24H,3-4,9,12H2,1-2H3,(H2,23,27,28). The summed E-state index contributed by atoms with van der Waals surface area (Å²) in [4.78, 5) is 4.60. The van der Waals surface area contributed by atoms with E-state index in [9.17, 15) is 17.2 Å². The Kier molecular flexibility index (Phi) is 6.30. The number of nitrogens with two attached hydrogens (primary N) is 1. The number of nitrogens with one attached hydrogen (secondary N) is 1. The van der Waals surface area contributed by atoms with Crippen molar-refractivity contribution in [2.45, 2.75) is 50.7 Å². The molecule has 29 heavy (non-hydrogen) atoms. The number of sulfonamides is 1. The number of fused-ring (bicyclic) bond motifs is 1. The van der Waals surface area contributed by atoms with Crippen molar-refractivity contribution >= 4 is 21.1 Å². The number of nitrogens with zero attached hydrogens (tertiary/aromatic N) is 2. The summed E-state index contributed by atoms with van der Waals surface area (Å²) in [6.45, 7) is 5.05. The lowest BCUT2D eigenvalue weighted by molar-refractivity contribution is 0.496. The number of benzene rings is 2. The van der Waals surface area contributed by atoms with Crippen molar-refractivity contribution in [2.24, 2.45) is 5.14 Å². The van der Waals surface area contributed by atoms with Gasteiger partial charge in [0, 0.05) is 12.6 Å². The van der Waals surface area contributed by atoms with Crippen LogP contribution in [0.5, 0.6) is 0 Å². The highest BCUT2D eigenvalue weighted by atomic mass is 32.2. The largest absolute Gasteiger partial charge is 0.327 e. The maximum absolute atomic E-state index is 13.5. The van der Waals surface area contributed by atoms with E-state index < -0.39 is 21.7 Å². The molecule has 0 fully saturated rings. The Morgan fingerprint density at radius 1 is 1.17 bits per heavy atom. The van der Waals surface area contributed by atoms with E-state index in [1.54, 1.807) is 6.07 Å². The van der Waals surface area contributed by atoms with Gasteiger partial charge in [0.1, 0.15) is 5.82 Å². The second-order valence-electron chi connectivity index (χ2n) is 7.00. The van der Waals surface area contributed by atoms with E-state index >= 15 is 0 Å². The highest BCUT2D eigenvalue weighted by molar-refractivity contribution is 7.89. The number of aryl methyl sites for hydroxylation is 1. The molecule has 0 spiro atoms. The SMILES string of the molecule is CCCCn1c(CNC(C)c2ccc(F)c(F)c2)nc2cc(S(N)(=O)=O)ccc21. The van der Waals surface area contributed by atoms with Gasteiger partial charge in [-0.2, -0.15) is 0 Å². The molecule has 1 aromatic heterocycles. The normalized spacial score (nSPS) is 13.1. The minimum Gasteiger partial charge on any atom is -0.327 e. The molecule has 9 heteroatoms. The van der Waals surface area contributed by atoms with Gasteiger partial charge in [0.25, 0.3) is 0 Å².